The third-order valence-corrected chi connectivity index (χ3v) is 5.16. The first-order valence-electron chi connectivity index (χ1n) is 7.58. The number of nitrogens with zero attached hydrogens (tertiary/aromatic N) is 2. The van der Waals surface area contributed by atoms with Crippen molar-refractivity contribution in [1.82, 2.24) is 9.88 Å². The molecular formula is C16H24ClN3O2. The zero-order valence-corrected chi connectivity index (χ0v) is 13.9. The Morgan fingerprint density at radius 3 is 2.59 bits per heavy atom. The van der Waals surface area contributed by atoms with E-state index in [1.54, 1.807) is 19.4 Å². The van der Waals surface area contributed by atoms with Gasteiger partial charge >= 0.3 is 0 Å². The Morgan fingerprint density at radius 2 is 2.05 bits per heavy atom. The lowest BCUT2D eigenvalue weighted by Gasteiger charge is -2.54. The highest BCUT2D eigenvalue weighted by molar-refractivity contribution is 5.92. The summed E-state index contributed by atoms with van der Waals surface area (Å²) >= 11 is 0. The van der Waals surface area contributed by atoms with Crippen LogP contribution in [0.4, 0.5) is 0 Å². The van der Waals surface area contributed by atoms with Gasteiger partial charge in [-0.1, -0.05) is 6.42 Å². The number of nitrogens with two attached hydrogens (primary N) is 1. The Kier molecular flexibility index (Phi) is 5.10. The van der Waals surface area contributed by atoms with Crippen molar-refractivity contribution in [3.63, 3.8) is 0 Å². The van der Waals surface area contributed by atoms with Crippen LogP contribution in [0.1, 0.15) is 35.3 Å². The second-order valence-corrected chi connectivity index (χ2v) is 6.34. The van der Waals surface area contributed by atoms with E-state index in [2.05, 4.69) is 16.9 Å². The van der Waals surface area contributed by atoms with Gasteiger partial charge in [0.15, 0.2) is 0 Å². The topological polar surface area (TPSA) is 68.5 Å². The van der Waals surface area contributed by atoms with Crippen LogP contribution in [-0.2, 0) is 10.3 Å². The molecule has 6 heteroatoms. The van der Waals surface area contributed by atoms with Crippen molar-refractivity contribution < 1.29 is 9.53 Å². The van der Waals surface area contributed by atoms with Crippen LogP contribution in [0.15, 0.2) is 18.3 Å². The van der Waals surface area contributed by atoms with Crippen LogP contribution in [0.5, 0.6) is 0 Å². The minimum Gasteiger partial charge on any atom is -0.371 e. The van der Waals surface area contributed by atoms with Gasteiger partial charge in [0.1, 0.15) is 5.60 Å². The number of pyridine rings is 1. The molecule has 2 N–H and O–H groups in total. The lowest BCUT2D eigenvalue weighted by molar-refractivity contribution is -0.168. The summed E-state index contributed by atoms with van der Waals surface area (Å²) in [5.41, 5.74) is 6.41. The van der Waals surface area contributed by atoms with Gasteiger partial charge in [-0.15, -0.1) is 12.4 Å². The molecule has 1 aromatic heterocycles. The number of fused-ring (bicyclic) bond motifs is 2. The maximum Gasteiger partial charge on any atom is 0.248 e. The third kappa shape index (κ3) is 2.62. The van der Waals surface area contributed by atoms with Gasteiger partial charge in [-0.25, -0.2) is 0 Å². The number of amides is 1. The number of hydrogen-bond donors (Lipinski definition) is 1. The van der Waals surface area contributed by atoms with Gasteiger partial charge in [0.2, 0.25) is 5.91 Å². The number of methoxy groups -OCH3 is 1. The SMILES string of the molecule is COC1(c2cc(C(N)=O)ccn2)C2CCCC1CN(C)C2.Cl. The number of ether oxygens (including phenoxy) is 1. The van der Waals surface area contributed by atoms with Gasteiger partial charge < -0.3 is 15.4 Å². The number of halogens is 1. The molecule has 2 atom stereocenters. The van der Waals surface area contributed by atoms with Crippen LogP contribution < -0.4 is 5.73 Å². The normalized spacial score (nSPS) is 31.4. The average molecular weight is 326 g/mol. The van der Waals surface area contributed by atoms with Gasteiger partial charge in [-0.05, 0) is 32.0 Å². The number of likely N-dealkylation sites (tertiary alicyclic amines) is 1. The quantitative estimate of drug-likeness (QED) is 0.920. The molecule has 122 valence electrons. The first-order valence-corrected chi connectivity index (χ1v) is 7.58. The summed E-state index contributed by atoms with van der Waals surface area (Å²) in [4.78, 5) is 18.4. The number of hydrogen-bond acceptors (Lipinski definition) is 4. The van der Waals surface area contributed by atoms with Crippen LogP contribution in [0.25, 0.3) is 0 Å². The minimum atomic E-state index is -0.414. The van der Waals surface area contributed by atoms with Crippen LogP contribution in [0.2, 0.25) is 0 Å². The van der Waals surface area contributed by atoms with Crippen molar-refractivity contribution >= 4 is 18.3 Å². The summed E-state index contributed by atoms with van der Waals surface area (Å²) in [5.74, 6) is 0.411. The van der Waals surface area contributed by atoms with Crippen molar-refractivity contribution in [3.8, 4) is 0 Å². The minimum absolute atomic E-state index is 0. The molecule has 2 aliphatic rings. The van der Waals surface area contributed by atoms with Crippen LogP contribution in [0.3, 0.4) is 0 Å². The molecule has 0 spiro atoms. The van der Waals surface area contributed by atoms with Crippen LogP contribution in [0, 0.1) is 11.8 Å². The summed E-state index contributed by atoms with van der Waals surface area (Å²) in [6.07, 6.45) is 5.18. The molecule has 2 bridgehead atoms. The molecule has 2 unspecified atom stereocenters. The zero-order valence-electron chi connectivity index (χ0n) is 13.1. The second kappa shape index (κ2) is 6.52. The fourth-order valence-electron chi connectivity index (χ4n) is 4.31. The maximum absolute atomic E-state index is 11.5. The molecule has 1 aromatic rings. The van der Waals surface area contributed by atoms with Crippen molar-refractivity contribution in [3.05, 3.63) is 29.6 Å². The van der Waals surface area contributed by atoms with Crippen molar-refractivity contribution in [2.24, 2.45) is 17.6 Å². The molecule has 1 aliphatic heterocycles. The fourth-order valence-corrected chi connectivity index (χ4v) is 4.31. The highest BCUT2D eigenvalue weighted by Crippen LogP contribution is 2.50. The summed E-state index contributed by atoms with van der Waals surface area (Å²) in [7, 11) is 3.94. The zero-order chi connectivity index (χ0) is 15.0. The number of rotatable bonds is 3. The molecule has 3 rings (SSSR count). The van der Waals surface area contributed by atoms with Gasteiger partial charge in [0.25, 0.3) is 0 Å². The van der Waals surface area contributed by atoms with E-state index in [9.17, 15) is 4.79 Å². The number of carbonyl (C=O) groups excluding carboxylic acids is 1. The van der Waals surface area contributed by atoms with Gasteiger partial charge in [0, 0.05) is 43.8 Å². The highest BCUT2D eigenvalue weighted by atomic mass is 35.5. The molecular weight excluding hydrogens is 302 g/mol. The molecule has 1 amide bonds. The van der Waals surface area contributed by atoms with Gasteiger partial charge in [-0.3, -0.25) is 9.78 Å². The van der Waals surface area contributed by atoms with E-state index in [0.29, 0.717) is 17.4 Å². The van der Waals surface area contributed by atoms with E-state index in [-0.39, 0.29) is 18.0 Å². The highest BCUT2D eigenvalue weighted by Gasteiger charge is 2.53. The standard InChI is InChI=1S/C16H23N3O2.ClH/c1-19-9-12-4-3-5-13(10-19)16(12,21-2)14-8-11(15(17)20)6-7-18-14;/h6-8,12-13H,3-5,9-10H2,1-2H3,(H2,17,20);1H. The summed E-state index contributed by atoms with van der Waals surface area (Å²) in [5, 5.41) is 0. The van der Waals surface area contributed by atoms with Crippen molar-refractivity contribution in [1.29, 1.82) is 0 Å². The summed E-state index contributed by atoms with van der Waals surface area (Å²) < 4.78 is 6.07. The van der Waals surface area contributed by atoms with Crippen molar-refractivity contribution in [2.75, 3.05) is 27.2 Å². The Balaban J connectivity index is 0.00000176. The molecule has 1 aliphatic carbocycles. The van der Waals surface area contributed by atoms with E-state index in [1.165, 1.54) is 6.42 Å². The summed E-state index contributed by atoms with van der Waals surface area (Å²) in [6, 6.07) is 3.49. The van der Waals surface area contributed by atoms with E-state index in [1.807, 2.05) is 6.07 Å². The Hall–Kier alpha value is -1.17. The van der Waals surface area contributed by atoms with Gasteiger partial charge in [-0.2, -0.15) is 0 Å². The van der Waals surface area contributed by atoms with E-state index in [4.69, 9.17) is 10.5 Å². The first-order chi connectivity index (χ1) is 10.1. The van der Waals surface area contributed by atoms with Crippen LogP contribution >= 0.6 is 12.4 Å². The third-order valence-electron chi connectivity index (χ3n) is 5.16. The first kappa shape index (κ1) is 17.2. The lowest BCUT2D eigenvalue weighted by Crippen LogP contribution is -2.58. The van der Waals surface area contributed by atoms with E-state index < -0.39 is 5.91 Å². The van der Waals surface area contributed by atoms with Crippen LogP contribution in [-0.4, -0.2) is 43.0 Å². The van der Waals surface area contributed by atoms with Crippen molar-refractivity contribution in [2.45, 2.75) is 24.9 Å². The smallest absolute Gasteiger partial charge is 0.248 e. The monoisotopic (exact) mass is 325 g/mol. The number of carbonyl (C=O) groups is 1. The fraction of sp³-hybridized carbons (Fsp3) is 0.625. The molecule has 1 saturated heterocycles. The van der Waals surface area contributed by atoms with E-state index >= 15 is 0 Å². The molecule has 5 nitrogen and oxygen atoms in total. The molecule has 0 radical (unpaired) electrons. The predicted octanol–water partition coefficient (Wildman–Crippen LogP) is 1.81. The van der Waals surface area contributed by atoms with Gasteiger partial charge in [0.05, 0.1) is 5.69 Å². The largest absolute Gasteiger partial charge is 0.371 e. The molecule has 22 heavy (non-hydrogen) atoms. The molecule has 0 aromatic carbocycles. The predicted molar refractivity (Wildman–Crippen MR) is 87.0 cm³/mol. The maximum atomic E-state index is 11.5. The average Bonchev–Trinajstić information content (AvgIpc) is 2.46. The Labute approximate surface area is 137 Å². The lowest BCUT2D eigenvalue weighted by atomic mass is 9.63. The number of primary amides is 1. The number of piperidine rings is 1. The summed E-state index contributed by atoms with van der Waals surface area (Å²) in [6.45, 7) is 2.01. The molecule has 1 saturated carbocycles. The Morgan fingerprint density at radius 1 is 1.41 bits per heavy atom. The Bertz CT molecular complexity index is 538. The molecule has 2 heterocycles. The second-order valence-electron chi connectivity index (χ2n) is 6.34. The van der Waals surface area contributed by atoms with E-state index in [0.717, 1.165) is 31.6 Å². The number of aromatic nitrogens is 1. The molecule has 2 fully saturated rings.